The van der Waals surface area contributed by atoms with Crippen LogP contribution in [0.1, 0.15) is 28.8 Å². The molecule has 2 saturated heterocycles. The summed E-state index contributed by atoms with van der Waals surface area (Å²) in [6.45, 7) is 6.27. The molecule has 1 unspecified atom stereocenters. The van der Waals surface area contributed by atoms with E-state index in [-0.39, 0.29) is 17.9 Å². The van der Waals surface area contributed by atoms with Gasteiger partial charge < -0.3 is 19.9 Å². The van der Waals surface area contributed by atoms with Crippen LogP contribution in [0.25, 0.3) is 10.8 Å². The van der Waals surface area contributed by atoms with Crippen molar-refractivity contribution in [2.75, 3.05) is 52.9 Å². The Labute approximate surface area is 219 Å². The first kappa shape index (κ1) is 25.2. The highest BCUT2D eigenvalue weighted by Crippen LogP contribution is 2.21. The Kier molecular flexibility index (Phi) is 8.02. The lowest BCUT2D eigenvalue weighted by molar-refractivity contribution is -0.119. The summed E-state index contributed by atoms with van der Waals surface area (Å²) in [5, 5.41) is 5.15. The van der Waals surface area contributed by atoms with E-state index in [1.807, 2.05) is 47.4 Å². The molecule has 2 aliphatic heterocycles. The Balaban J connectivity index is 1.06. The standard InChI is InChI=1S/C30H36N4O3/c1-32(22-25-12-13-29(35)31-25)21-23-6-4-9-26(20-23)37-19-18-33-14-16-34(17-15-33)30(36)28-11-5-8-24-7-2-3-10-27(24)28/h2-11,20,25H,12-19,21-22H2,1H3,(H,31,35). The molecule has 3 aromatic carbocycles. The molecule has 7 heteroatoms. The predicted molar refractivity (Wildman–Crippen MR) is 146 cm³/mol. The van der Waals surface area contributed by atoms with E-state index < -0.39 is 0 Å². The molecule has 2 amide bonds. The van der Waals surface area contributed by atoms with E-state index in [0.29, 0.717) is 13.0 Å². The molecule has 2 aliphatic rings. The van der Waals surface area contributed by atoms with E-state index in [2.05, 4.69) is 46.4 Å². The number of fused-ring (bicyclic) bond motifs is 1. The van der Waals surface area contributed by atoms with Crippen molar-refractivity contribution in [1.82, 2.24) is 20.0 Å². The zero-order valence-corrected chi connectivity index (χ0v) is 21.6. The average Bonchev–Trinajstić information content (AvgIpc) is 3.32. The Morgan fingerprint density at radius 1 is 1.03 bits per heavy atom. The molecular formula is C30H36N4O3. The third-order valence-electron chi connectivity index (χ3n) is 7.32. The smallest absolute Gasteiger partial charge is 0.254 e. The maximum atomic E-state index is 13.2. The SMILES string of the molecule is CN(Cc1cccc(OCCN2CCN(C(=O)c3cccc4ccccc34)CC2)c1)CC1CCC(=O)N1. The first-order valence-corrected chi connectivity index (χ1v) is 13.2. The van der Waals surface area contributed by atoms with Crippen molar-refractivity contribution < 1.29 is 14.3 Å². The summed E-state index contributed by atoms with van der Waals surface area (Å²) in [5.74, 6) is 1.15. The highest BCUT2D eigenvalue weighted by atomic mass is 16.5. The third-order valence-corrected chi connectivity index (χ3v) is 7.32. The monoisotopic (exact) mass is 500 g/mol. The first-order valence-electron chi connectivity index (χ1n) is 13.2. The van der Waals surface area contributed by atoms with Crippen molar-refractivity contribution in [2.24, 2.45) is 0 Å². The van der Waals surface area contributed by atoms with Crippen LogP contribution in [0.15, 0.2) is 66.7 Å². The van der Waals surface area contributed by atoms with Crippen LogP contribution in [0.4, 0.5) is 0 Å². The molecule has 2 heterocycles. The van der Waals surface area contributed by atoms with Crippen molar-refractivity contribution >= 4 is 22.6 Å². The number of amides is 2. The molecule has 2 fully saturated rings. The fourth-order valence-electron chi connectivity index (χ4n) is 5.35. The molecule has 7 nitrogen and oxygen atoms in total. The highest BCUT2D eigenvalue weighted by molar-refractivity contribution is 6.07. The maximum absolute atomic E-state index is 13.2. The van der Waals surface area contributed by atoms with Gasteiger partial charge in [-0.3, -0.25) is 14.5 Å². The zero-order valence-electron chi connectivity index (χ0n) is 21.6. The van der Waals surface area contributed by atoms with Crippen LogP contribution >= 0.6 is 0 Å². The maximum Gasteiger partial charge on any atom is 0.254 e. The van der Waals surface area contributed by atoms with Crippen molar-refractivity contribution in [1.29, 1.82) is 0 Å². The number of benzene rings is 3. The molecule has 1 N–H and O–H groups in total. The van der Waals surface area contributed by atoms with Gasteiger partial charge >= 0.3 is 0 Å². The van der Waals surface area contributed by atoms with Gasteiger partial charge in [-0.15, -0.1) is 0 Å². The molecule has 0 aromatic heterocycles. The lowest BCUT2D eigenvalue weighted by Gasteiger charge is -2.34. The van der Waals surface area contributed by atoms with Crippen molar-refractivity contribution in [3.63, 3.8) is 0 Å². The average molecular weight is 501 g/mol. The number of likely N-dealkylation sites (N-methyl/N-ethyl adjacent to an activating group) is 1. The molecule has 0 aliphatic carbocycles. The zero-order chi connectivity index (χ0) is 25.6. The van der Waals surface area contributed by atoms with Gasteiger partial charge in [-0.1, -0.05) is 48.5 Å². The van der Waals surface area contributed by atoms with Gasteiger partial charge in [-0.25, -0.2) is 0 Å². The Morgan fingerprint density at radius 2 is 1.81 bits per heavy atom. The second-order valence-electron chi connectivity index (χ2n) is 10.2. The molecule has 0 saturated carbocycles. The van der Waals surface area contributed by atoms with Crippen molar-refractivity contribution in [3.05, 3.63) is 77.9 Å². The number of ether oxygens (including phenoxy) is 1. The van der Waals surface area contributed by atoms with Crippen molar-refractivity contribution in [3.8, 4) is 5.75 Å². The quantitative estimate of drug-likeness (QED) is 0.488. The number of nitrogens with zero attached hydrogens (tertiary/aromatic N) is 3. The van der Waals surface area contributed by atoms with Crippen LogP contribution < -0.4 is 10.1 Å². The lowest BCUT2D eigenvalue weighted by Crippen LogP contribution is -2.49. The number of hydrogen-bond acceptors (Lipinski definition) is 5. The van der Waals surface area contributed by atoms with Crippen LogP contribution in [0.5, 0.6) is 5.75 Å². The van der Waals surface area contributed by atoms with Gasteiger partial charge in [0.15, 0.2) is 0 Å². The van der Waals surface area contributed by atoms with E-state index >= 15 is 0 Å². The minimum atomic E-state index is 0.116. The van der Waals surface area contributed by atoms with Gasteiger partial charge in [0.05, 0.1) is 0 Å². The Hall–Kier alpha value is -3.42. The number of hydrogen-bond donors (Lipinski definition) is 1. The molecule has 37 heavy (non-hydrogen) atoms. The number of carbonyl (C=O) groups is 2. The Bertz CT molecular complexity index is 1230. The number of nitrogens with one attached hydrogen (secondary N) is 1. The minimum absolute atomic E-state index is 0.116. The largest absolute Gasteiger partial charge is 0.492 e. The molecule has 3 aromatic rings. The van der Waals surface area contributed by atoms with E-state index in [1.54, 1.807) is 0 Å². The van der Waals surface area contributed by atoms with Crippen LogP contribution in [0.3, 0.4) is 0 Å². The second-order valence-corrected chi connectivity index (χ2v) is 10.2. The normalized spacial score (nSPS) is 18.4. The third kappa shape index (κ3) is 6.48. The summed E-state index contributed by atoms with van der Waals surface area (Å²) in [6, 6.07) is 22.5. The van der Waals surface area contributed by atoms with Crippen LogP contribution in [0, 0.1) is 0 Å². The summed E-state index contributed by atoms with van der Waals surface area (Å²) < 4.78 is 6.07. The van der Waals surface area contributed by atoms with Crippen LogP contribution in [-0.4, -0.2) is 85.5 Å². The predicted octanol–water partition coefficient (Wildman–Crippen LogP) is 3.39. The van der Waals surface area contributed by atoms with Gasteiger partial charge in [-0.2, -0.15) is 0 Å². The van der Waals surface area contributed by atoms with Gasteiger partial charge in [-0.05, 0) is 48.0 Å². The van der Waals surface area contributed by atoms with E-state index in [4.69, 9.17) is 4.74 Å². The van der Waals surface area contributed by atoms with Crippen molar-refractivity contribution in [2.45, 2.75) is 25.4 Å². The number of piperazine rings is 1. The molecule has 5 rings (SSSR count). The summed E-state index contributed by atoms with van der Waals surface area (Å²) in [4.78, 5) is 31.2. The van der Waals surface area contributed by atoms with E-state index in [9.17, 15) is 9.59 Å². The first-order chi connectivity index (χ1) is 18.0. The summed E-state index contributed by atoms with van der Waals surface area (Å²) in [5.41, 5.74) is 1.98. The molecule has 0 bridgehead atoms. The second kappa shape index (κ2) is 11.8. The molecular weight excluding hydrogens is 464 g/mol. The summed E-state index contributed by atoms with van der Waals surface area (Å²) in [6.07, 6.45) is 1.55. The van der Waals surface area contributed by atoms with Gasteiger partial charge in [0.25, 0.3) is 5.91 Å². The van der Waals surface area contributed by atoms with E-state index in [1.165, 1.54) is 5.56 Å². The highest BCUT2D eigenvalue weighted by Gasteiger charge is 2.24. The molecule has 0 radical (unpaired) electrons. The number of rotatable bonds is 9. The van der Waals surface area contributed by atoms with Crippen LogP contribution in [0.2, 0.25) is 0 Å². The number of carbonyl (C=O) groups excluding carboxylic acids is 2. The Morgan fingerprint density at radius 3 is 2.62 bits per heavy atom. The lowest BCUT2D eigenvalue weighted by atomic mass is 10.0. The fraction of sp³-hybridized carbons (Fsp3) is 0.400. The molecule has 0 spiro atoms. The fourth-order valence-corrected chi connectivity index (χ4v) is 5.35. The van der Waals surface area contributed by atoms with Gasteiger partial charge in [0.1, 0.15) is 12.4 Å². The topological polar surface area (TPSA) is 65.1 Å². The minimum Gasteiger partial charge on any atom is -0.492 e. The summed E-state index contributed by atoms with van der Waals surface area (Å²) >= 11 is 0. The van der Waals surface area contributed by atoms with Gasteiger partial charge in [0, 0.05) is 63.8 Å². The molecule has 1 atom stereocenters. The van der Waals surface area contributed by atoms with Gasteiger partial charge in [0.2, 0.25) is 5.91 Å². The molecule has 194 valence electrons. The van der Waals surface area contributed by atoms with Crippen LogP contribution in [-0.2, 0) is 11.3 Å². The van der Waals surface area contributed by atoms with E-state index in [0.717, 1.165) is 74.3 Å². The summed E-state index contributed by atoms with van der Waals surface area (Å²) in [7, 11) is 2.09.